The second-order valence-corrected chi connectivity index (χ2v) is 9.18. The summed E-state index contributed by atoms with van der Waals surface area (Å²) in [6.07, 6.45) is 6.55. The van der Waals surface area contributed by atoms with Gasteiger partial charge in [0.2, 0.25) is 0 Å². The van der Waals surface area contributed by atoms with Crippen LogP contribution in [0.2, 0.25) is 0 Å². The number of nitrogens with one attached hydrogen (secondary N) is 1. The van der Waals surface area contributed by atoms with Gasteiger partial charge in [-0.1, -0.05) is 25.1 Å². The molecule has 0 unspecified atom stereocenters. The summed E-state index contributed by atoms with van der Waals surface area (Å²) >= 11 is 5.86. The number of hydrogen-bond donors (Lipinski definition) is 1. The van der Waals surface area contributed by atoms with Gasteiger partial charge in [0.1, 0.15) is 0 Å². The molecule has 1 fully saturated rings. The van der Waals surface area contributed by atoms with E-state index in [9.17, 15) is 0 Å². The van der Waals surface area contributed by atoms with Crippen LogP contribution in [0.25, 0.3) is 5.69 Å². The summed E-state index contributed by atoms with van der Waals surface area (Å²) in [5, 5.41) is 4.31. The van der Waals surface area contributed by atoms with Gasteiger partial charge in [-0.05, 0) is 91.6 Å². The summed E-state index contributed by atoms with van der Waals surface area (Å²) in [5.41, 5.74) is 8.38. The minimum Gasteiger partial charge on any atom is -0.352 e. The van der Waals surface area contributed by atoms with E-state index in [1.807, 2.05) is 42.9 Å². The average molecular weight is 468 g/mol. The molecule has 1 saturated heterocycles. The second kappa shape index (κ2) is 9.39. The Hall–Kier alpha value is -3.51. The van der Waals surface area contributed by atoms with Gasteiger partial charge in [-0.3, -0.25) is 9.97 Å². The van der Waals surface area contributed by atoms with Crippen LogP contribution in [-0.4, -0.2) is 24.5 Å². The molecule has 172 valence electrons. The molecular formula is C28H29N5S. The highest BCUT2D eigenvalue weighted by Crippen LogP contribution is 2.42. The van der Waals surface area contributed by atoms with Gasteiger partial charge in [-0.2, -0.15) is 0 Å². The zero-order valence-corrected chi connectivity index (χ0v) is 20.6. The van der Waals surface area contributed by atoms with Crippen LogP contribution in [0.5, 0.6) is 0 Å². The lowest BCUT2D eigenvalue weighted by molar-refractivity contribution is 0.310. The fourth-order valence-electron chi connectivity index (χ4n) is 4.96. The molecule has 6 heteroatoms. The first-order chi connectivity index (χ1) is 16.6. The van der Waals surface area contributed by atoms with Crippen LogP contribution in [0.15, 0.2) is 79.3 Å². The summed E-state index contributed by atoms with van der Waals surface area (Å²) < 4.78 is 2.34. The SMILES string of the molecule is CCc1ccc(-n2c(C)cc([C@H]3[C@@H](c4ccccn4)NC(=S)N3Cc3ccncc3)c2C)cc1. The zero-order valence-electron chi connectivity index (χ0n) is 19.8. The smallest absolute Gasteiger partial charge is 0.170 e. The van der Waals surface area contributed by atoms with E-state index in [2.05, 4.69) is 81.9 Å². The summed E-state index contributed by atoms with van der Waals surface area (Å²) in [4.78, 5) is 11.1. The summed E-state index contributed by atoms with van der Waals surface area (Å²) in [7, 11) is 0. The fourth-order valence-corrected chi connectivity index (χ4v) is 5.27. The normalized spacial score (nSPS) is 17.7. The van der Waals surface area contributed by atoms with Gasteiger partial charge in [-0.25, -0.2) is 0 Å². The molecule has 34 heavy (non-hydrogen) atoms. The Morgan fingerprint density at radius 3 is 2.38 bits per heavy atom. The first-order valence-corrected chi connectivity index (χ1v) is 12.1. The van der Waals surface area contributed by atoms with Crippen molar-refractivity contribution in [2.45, 2.75) is 45.8 Å². The van der Waals surface area contributed by atoms with Crippen molar-refractivity contribution < 1.29 is 0 Å². The van der Waals surface area contributed by atoms with Gasteiger partial charge in [0.15, 0.2) is 5.11 Å². The van der Waals surface area contributed by atoms with Gasteiger partial charge in [-0.15, -0.1) is 0 Å². The predicted molar refractivity (Wildman–Crippen MR) is 140 cm³/mol. The van der Waals surface area contributed by atoms with E-state index in [-0.39, 0.29) is 12.1 Å². The summed E-state index contributed by atoms with van der Waals surface area (Å²) in [6.45, 7) is 7.27. The third kappa shape index (κ3) is 4.10. The molecule has 5 nitrogen and oxygen atoms in total. The van der Waals surface area contributed by atoms with Crippen LogP contribution in [0.4, 0.5) is 0 Å². The number of hydrogen-bond acceptors (Lipinski definition) is 3. The Morgan fingerprint density at radius 1 is 0.941 bits per heavy atom. The van der Waals surface area contributed by atoms with Crippen LogP contribution in [0, 0.1) is 13.8 Å². The maximum absolute atomic E-state index is 5.86. The lowest BCUT2D eigenvalue weighted by Gasteiger charge is -2.28. The molecule has 0 bridgehead atoms. The van der Waals surface area contributed by atoms with Crippen molar-refractivity contribution in [1.29, 1.82) is 0 Å². The van der Waals surface area contributed by atoms with Crippen molar-refractivity contribution in [3.63, 3.8) is 0 Å². The first-order valence-electron chi connectivity index (χ1n) is 11.7. The molecule has 1 aliphatic rings. The van der Waals surface area contributed by atoms with E-state index < -0.39 is 0 Å². The van der Waals surface area contributed by atoms with Crippen molar-refractivity contribution in [2.24, 2.45) is 0 Å². The maximum atomic E-state index is 5.86. The highest BCUT2D eigenvalue weighted by molar-refractivity contribution is 7.80. The Bertz CT molecular complexity index is 1280. The van der Waals surface area contributed by atoms with E-state index >= 15 is 0 Å². The fraction of sp³-hybridized carbons (Fsp3) is 0.250. The summed E-state index contributed by atoms with van der Waals surface area (Å²) in [6, 6.07) is 21.3. The van der Waals surface area contributed by atoms with Crippen molar-refractivity contribution >= 4 is 17.3 Å². The quantitative estimate of drug-likeness (QED) is 0.373. The van der Waals surface area contributed by atoms with Crippen molar-refractivity contribution in [2.75, 3.05) is 0 Å². The first kappa shape index (κ1) is 22.3. The highest BCUT2D eigenvalue weighted by atomic mass is 32.1. The molecular weight excluding hydrogens is 438 g/mol. The number of rotatable bonds is 6. The lowest BCUT2D eigenvalue weighted by Crippen LogP contribution is -2.29. The number of aryl methyl sites for hydroxylation is 2. The number of pyridine rings is 2. The Kier molecular flexibility index (Phi) is 6.16. The predicted octanol–water partition coefficient (Wildman–Crippen LogP) is 5.62. The van der Waals surface area contributed by atoms with Crippen molar-refractivity contribution in [3.8, 4) is 5.69 Å². The van der Waals surface area contributed by atoms with E-state index in [1.54, 1.807) is 0 Å². The molecule has 0 saturated carbocycles. The van der Waals surface area contributed by atoms with Crippen molar-refractivity contribution in [1.82, 2.24) is 24.8 Å². The van der Waals surface area contributed by atoms with Gasteiger partial charge >= 0.3 is 0 Å². The molecule has 3 aromatic heterocycles. The Labute approximate surface area is 206 Å². The third-order valence-electron chi connectivity index (χ3n) is 6.69. The monoisotopic (exact) mass is 467 g/mol. The van der Waals surface area contributed by atoms with E-state index in [4.69, 9.17) is 12.2 Å². The Balaban J connectivity index is 1.60. The minimum absolute atomic E-state index is 0.0189. The molecule has 4 aromatic rings. The van der Waals surface area contributed by atoms with E-state index in [0.717, 1.165) is 17.2 Å². The molecule has 2 atom stereocenters. The van der Waals surface area contributed by atoms with E-state index in [1.165, 1.54) is 33.8 Å². The van der Waals surface area contributed by atoms with E-state index in [0.29, 0.717) is 6.54 Å². The van der Waals surface area contributed by atoms with Gasteiger partial charge in [0.25, 0.3) is 0 Å². The molecule has 0 aliphatic carbocycles. The highest BCUT2D eigenvalue weighted by Gasteiger charge is 2.41. The molecule has 1 aromatic carbocycles. The van der Waals surface area contributed by atoms with Crippen LogP contribution in [-0.2, 0) is 13.0 Å². The lowest BCUT2D eigenvalue weighted by atomic mass is 9.96. The number of nitrogens with zero attached hydrogens (tertiary/aromatic N) is 4. The van der Waals surface area contributed by atoms with Crippen LogP contribution < -0.4 is 5.32 Å². The molecule has 1 N–H and O–H groups in total. The van der Waals surface area contributed by atoms with Gasteiger partial charge < -0.3 is 14.8 Å². The third-order valence-corrected chi connectivity index (χ3v) is 7.04. The largest absolute Gasteiger partial charge is 0.352 e. The molecule has 0 amide bonds. The molecule has 0 spiro atoms. The standard InChI is InChI=1S/C28H29N5S/c1-4-21-8-10-23(11-9-21)33-19(2)17-24(20(33)3)27-26(25-7-5-6-14-30-25)31-28(34)32(27)18-22-12-15-29-16-13-22/h5-17,26-27H,4,18H2,1-3H3,(H,31,34)/t26-,27+/m1/s1. The van der Waals surface area contributed by atoms with Crippen LogP contribution in [0.1, 0.15) is 52.8 Å². The molecule has 5 rings (SSSR count). The number of thiocarbonyl (C=S) groups is 1. The van der Waals surface area contributed by atoms with Crippen LogP contribution in [0.3, 0.4) is 0 Å². The molecule has 1 aliphatic heterocycles. The van der Waals surface area contributed by atoms with Crippen LogP contribution >= 0.6 is 12.2 Å². The number of aromatic nitrogens is 3. The van der Waals surface area contributed by atoms with Crippen molar-refractivity contribution in [3.05, 3.63) is 113 Å². The second-order valence-electron chi connectivity index (χ2n) is 8.79. The van der Waals surface area contributed by atoms with Gasteiger partial charge in [0, 0.05) is 42.2 Å². The molecule has 0 radical (unpaired) electrons. The Morgan fingerprint density at radius 2 is 1.71 bits per heavy atom. The maximum Gasteiger partial charge on any atom is 0.170 e. The topological polar surface area (TPSA) is 46.0 Å². The molecule has 4 heterocycles. The summed E-state index contributed by atoms with van der Waals surface area (Å²) in [5.74, 6) is 0. The van der Waals surface area contributed by atoms with Gasteiger partial charge in [0.05, 0.1) is 17.8 Å². The number of benzene rings is 1. The average Bonchev–Trinajstić information content (AvgIpc) is 3.35. The zero-order chi connectivity index (χ0) is 23.7. The minimum atomic E-state index is -0.0352.